The lowest BCUT2D eigenvalue weighted by Crippen LogP contribution is -2.11. The Morgan fingerprint density at radius 2 is 2.00 bits per heavy atom. The summed E-state index contributed by atoms with van der Waals surface area (Å²) in [4.78, 5) is 12.7. The van der Waals surface area contributed by atoms with Crippen molar-refractivity contribution < 1.29 is 4.74 Å². The molecule has 0 aromatic carbocycles. The van der Waals surface area contributed by atoms with E-state index in [1.54, 1.807) is 4.68 Å². The van der Waals surface area contributed by atoms with Crippen LogP contribution in [-0.2, 0) is 0 Å². The van der Waals surface area contributed by atoms with Crippen LogP contribution in [0.2, 0.25) is 0 Å². The van der Waals surface area contributed by atoms with Crippen molar-refractivity contribution in [1.82, 2.24) is 24.7 Å². The van der Waals surface area contributed by atoms with Gasteiger partial charge in [-0.25, -0.2) is 4.68 Å². The topological polar surface area (TPSA) is 77.8 Å². The highest BCUT2D eigenvalue weighted by Crippen LogP contribution is 2.22. The van der Waals surface area contributed by atoms with Crippen LogP contribution in [0.25, 0.3) is 5.95 Å². The lowest BCUT2D eigenvalue weighted by Gasteiger charge is -2.07. The molecule has 0 fully saturated rings. The number of aryl methyl sites for hydroxylation is 1. The van der Waals surface area contributed by atoms with Crippen molar-refractivity contribution in [2.45, 2.75) is 20.8 Å². The summed E-state index contributed by atoms with van der Waals surface area (Å²) in [5.41, 5.74) is 1.80. The lowest BCUT2D eigenvalue weighted by atomic mass is 10.4. The number of nitrogens with one attached hydrogen (secondary N) is 1. The lowest BCUT2D eigenvalue weighted by molar-refractivity contribution is 0.377. The molecule has 0 unspecified atom stereocenters. The van der Waals surface area contributed by atoms with Gasteiger partial charge >= 0.3 is 6.01 Å². The van der Waals surface area contributed by atoms with Gasteiger partial charge in [0.2, 0.25) is 5.95 Å². The smallest absolute Gasteiger partial charge is 0.322 e. The maximum Gasteiger partial charge on any atom is 0.322 e. The summed E-state index contributed by atoms with van der Waals surface area (Å²) in [5.74, 6) is 0.891. The van der Waals surface area contributed by atoms with Crippen LogP contribution in [-0.4, -0.2) is 38.4 Å². The predicted octanol–water partition coefficient (Wildman–Crippen LogP) is 1.88. The van der Waals surface area contributed by atoms with E-state index in [2.05, 4.69) is 41.3 Å². The van der Waals surface area contributed by atoms with Crippen LogP contribution in [0.4, 0.5) is 5.95 Å². The molecule has 0 atom stereocenters. The normalized spacial score (nSPS) is 10.6. The second-order valence-electron chi connectivity index (χ2n) is 3.87. The number of methoxy groups -OCH3 is 1. The van der Waals surface area contributed by atoms with Crippen LogP contribution in [0.3, 0.4) is 0 Å². The first-order chi connectivity index (χ1) is 9.06. The van der Waals surface area contributed by atoms with Crippen molar-refractivity contribution in [2.24, 2.45) is 0 Å². The van der Waals surface area contributed by atoms with Crippen LogP contribution in [0, 0.1) is 13.8 Å². The van der Waals surface area contributed by atoms with E-state index in [9.17, 15) is 0 Å². The van der Waals surface area contributed by atoms with Gasteiger partial charge in [-0.3, -0.25) is 0 Å². The van der Waals surface area contributed by atoms with Crippen LogP contribution in [0.15, 0.2) is 4.47 Å². The van der Waals surface area contributed by atoms with E-state index in [-0.39, 0.29) is 6.01 Å². The van der Waals surface area contributed by atoms with Gasteiger partial charge in [0.1, 0.15) is 0 Å². The Morgan fingerprint density at radius 3 is 2.53 bits per heavy atom. The summed E-state index contributed by atoms with van der Waals surface area (Å²) < 4.78 is 7.68. The number of nitrogens with zero attached hydrogens (tertiary/aromatic N) is 5. The van der Waals surface area contributed by atoms with Crippen LogP contribution >= 0.6 is 15.9 Å². The summed E-state index contributed by atoms with van der Waals surface area (Å²) >= 11 is 3.48. The number of anilines is 1. The Morgan fingerprint density at radius 1 is 1.26 bits per heavy atom. The molecule has 19 heavy (non-hydrogen) atoms. The van der Waals surface area contributed by atoms with Crippen molar-refractivity contribution in [3.05, 3.63) is 15.9 Å². The average molecular weight is 327 g/mol. The molecule has 0 aliphatic heterocycles. The van der Waals surface area contributed by atoms with Crippen molar-refractivity contribution in [3.8, 4) is 12.0 Å². The van der Waals surface area contributed by atoms with Gasteiger partial charge in [0.25, 0.3) is 5.95 Å². The third-order valence-electron chi connectivity index (χ3n) is 2.51. The van der Waals surface area contributed by atoms with Crippen LogP contribution in [0.5, 0.6) is 6.01 Å². The molecule has 0 aliphatic rings. The first-order valence-corrected chi connectivity index (χ1v) is 6.62. The molecule has 0 radical (unpaired) electrons. The largest absolute Gasteiger partial charge is 0.467 e. The molecule has 2 aromatic heterocycles. The fourth-order valence-electron chi connectivity index (χ4n) is 1.59. The molecule has 2 heterocycles. The summed E-state index contributed by atoms with van der Waals surface area (Å²) in [6.07, 6.45) is 0. The number of aromatic nitrogens is 5. The first kappa shape index (κ1) is 13.7. The van der Waals surface area contributed by atoms with E-state index < -0.39 is 0 Å². The highest BCUT2D eigenvalue weighted by molar-refractivity contribution is 9.10. The molecule has 0 spiro atoms. The van der Waals surface area contributed by atoms with Crippen molar-refractivity contribution in [2.75, 3.05) is 19.0 Å². The minimum absolute atomic E-state index is 0.254. The molecule has 0 amide bonds. The van der Waals surface area contributed by atoms with Gasteiger partial charge in [-0.1, -0.05) is 0 Å². The second-order valence-corrected chi connectivity index (χ2v) is 4.67. The molecule has 2 aromatic rings. The van der Waals surface area contributed by atoms with Crippen molar-refractivity contribution >= 4 is 21.9 Å². The molecule has 102 valence electrons. The first-order valence-electron chi connectivity index (χ1n) is 5.82. The summed E-state index contributed by atoms with van der Waals surface area (Å²) in [5, 5.41) is 7.43. The minimum Gasteiger partial charge on any atom is -0.467 e. The summed E-state index contributed by atoms with van der Waals surface area (Å²) in [6.45, 7) is 6.54. The standard InChI is InChI=1S/C11H15BrN6O/c1-5-13-9-14-10(16-11(15-9)19-4)18-7(3)8(12)6(2)17-18/h5H2,1-4H3,(H,13,14,15,16). The number of hydrogen-bond acceptors (Lipinski definition) is 6. The van der Waals surface area contributed by atoms with Crippen LogP contribution < -0.4 is 10.1 Å². The van der Waals surface area contributed by atoms with Gasteiger partial charge in [0, 0.05) is 6.54 Å². The molecule has 0 saturated carbocycles. The van der Waals surface area contributed by atoms with E-state index in [1.807, 2.05) is 20.8 Å². The van der Waals surface area contributed by atoms with Gasteiger partial charge in [-0.05, 0) is 36.7 Å². The van der Waals surface area contributed by atoms with E-state index in [1.165, 1.54) is 7.11 Å². The van der Waals surface area contributed by atoms with Gasteiger partial charge in [-0.15, -0.1) is 0 Å². The fourth-order valence-corrected chi connectivity index (χ4v) is 1.83. The highest BCUT2D eigenvalue weighted by Gasteiger charge is 2.15. The maximum absolute atomic E-state index is 5.09. The SMILES string of the molecule is CCNc1nc(OC)nc(-n2nc(C)c(Br)c2C)n1. The molecule has 1 N–H and O–H groups in total. The van der Waals surface area contributed by atoms with Gasteiger partial charge < -0.3 is 10.1 Å². The predicted molar refractivity (Wildman–Crippen MR) is 74.8 cm³/mol. The number of halogens is 1. The molecule has 0 saturated heterocycles. The third-order valence-corrected chi connectivity index (χ3v) is 3.66. The zero-order chi connectivity index (χ0) is 14.0. The number of ether oxygens (including phenoxy) is 1. The van der Waals surface area contributed by atoms with Gasteiger partial charge in [-0.2, -0.15) is 20.1 Å². The zero-order valence-electron chi connectivity index (χ0n) is 11.2. The summed E-state index contributed by atoms with van der Waals surface area (Å²) in [6, 6.07) is 0.254. The molecule has 8 heteroatoms. The molecular weight excluding hydrogens is 312 g/mol. The fraction of sp³-hybridized carbons (Fsp3) is 0.455. The molecule has 2 rings (SSSR count). The van der Waals surface area contributed by atoms with E-state index in [0.717, 1.165) is 15.9 Å². The van der Waals surface area contributed by atoms with Crippen LogP contribution in [0.1, 0.15) is 18.3 Å². The number of hydrogen-bond donors (Lipinski definition) is 1. The van der Waals surface area contributed by atoms with E-state index >= 15 is 0 Å². The molecule has 7 nitrogen and oxygen atoms in total. The molecule has 0 bridgehead atoms. The number of rotatable bonds is 4. The van der Waals surface area contributed by atoms with Gasteiger partial charge in [0.15, 0.2) is 0 Å². The molecule has 0 aliphatic carbocycles. The zero-order valence-corrected chi connectivity index (χ0v) is 12.8. The Bertz CT molecular complexity index is 597. The summed E-state index contributed by atoms with van der Waals surface area (Å²) in [7, 11) is 1.52. The van der Waals surface area contributed by atoms with E-state index in [4.69, 9.17) is 4.74 Å². The average Bonchev–Trinajstić information content (AvgIpc) is 2.66. The Hall–Kier alpha value is -1.70. The quantitative estimate of drug-likeness (QED) is 0.924. The Labute approximate surface area is 119 Å². The minimum atomic E-state index is 0.254. The second kappa shape index (κ2) is 5.52. The Kier molecular flexibility index (Phi) is 3.98. The van der Waals surface area contributed by atoms with Gasteiger partial charge in [0.05, 0.1) is 23.0 Å². The Balaban J connectivity index is 2.54. The molecular formula is C11H15BrN6O. The maximum atomic E-state index is 5.09. The monoisotopic (exact) mass is 326 g/mol. The van der Waals surface area contributed by atoms with E-state index in [0.29, 0.717) is 18.4 Å². The highest BCUT2D eigenvalue weighted by atomic mass is 79.9. The third kappa shape index (κ3) is 2.67. The van der Waals surface area contributed by atoms with Crippen molar-refractivity contribution in [3.63, 3.8) is 0 Å². The van der Waals surface area contributed by atoms with Crippen molar-refractivity contribution in [1.29, 1.82) is 0 Å².